The van der Waals surface area contributed by atoms with Crippen molar-refractivity contribution in [3.63, 3.8) is 0 Å². The van der Waals surface area contributed by atoms with Crippen LogP contribution in [0.4, 0.5) is 0 Å². The second kappa shape index (κ2) is 10.0. The largest absolute Gasteiger partial charge is 0.243 e. The summed E-state index contributed by atoms with van der Waals surface area (Å²) in [6, 6.07) is 26.1. The van der Waals surface area contributed by atoms with Crippen LogP contribution in [0.1, 0.15) is 10.4 Å². The van der Waals surface area contributed by atoms with Crippen LogP contribution in [0.25, 0.3) is 10.4 Å². The number of halogens is 1. The van der Waals surface area contributed by atoms with Gasteiger partial charge in [0.25, 0.3) is 0 Å². The third-order valence-electron chi connectivity index (χ3n) is 5.18. The van der Waals surface area contributed by atoms with Crippen molar-refractivity contribution >= 4 is 42.8 Å². The molecule has 4 aromatic rings. The van der Waals surface area contributed by atoms with Crippen molar-refractivity contribution < 1.29 is 16.8 Å². The molecule has 0 N–H and O–H groups in total. The molecule has 1 heterocycles. The van der Waals surface area contributed by atoms with E-state index < -0.39 is 19.9 Å². The summed E-state index contributed by atoms with van der Waals surface area (Å²) in [4.78, 5) is 2.07. The Morgan fingerprint density at radius 3 is 2.18 bits per heavy atom. The first-order valence-corrected chi connectivity index (χ1v) is 14.8. The molecule has 0 radical (unpaired) electrons. The predicted molar refractivity (Wildman–Crippen MR) is 137 cm³/mol. The fourth-order valence-electron chi connectivity index (χ4n) is 3.46. The number of hydrogen-bond acceptors (Lipinski definition) is 5. The van der Waals surface area contributed by atoms with Crippen molar-refractivity contribution in [2.45, 2.75) is 22.9 Å². The molecular weight excluding hydrogens is 510 g/mol. The second-order valence-electron chi connectivity index (χ2n) is 7.78. The molecule has 0 saturated carbocycles. The molecule has 3 aromatic carbocycles. The lowest BCUT2D eigenvalue weighted by Gasteiger charge is -2.22. The van der Waals surface area contributed by atoms with E-state index in [1.54, 1.807) is 30.3 Å². The van der Waals surface area contributed by atoms with Crippen LogP contribution in [0, 0.1) is 0 Å². The maximum Gasteiger partial charge on any atom is 0.243 e. The summed E-state index contributed by atoms with van der Waals surface area (Å²) < 4.78 is 52.3. The Balaban J connectivity index is 1.67. The number of thiophene rings is 1. The monoisotopic (exact) mass is 531 g/mol. The molecule has 0 saturated heterocycles. The van der Waals surface area contributed by atoms with Gasteiger partial charge in [0, 0.05) is 34.1 Å². The van der Waals surface area contributed by atoms with Crippen LogP contribution < -0.4 is 0 Å². The van der Waals surface area contributed by atoms with E-state index in [0.717, 1.165) is 20.9 Å². The maximum atomic E-state index is 13.5. The minimum absolute atomic E-state index is 0.133. The first-order chi connectivity index (χ1) is 16.1. The van der Waals surface area contributed by atoms with Gasteiger partial charge in [-0.3, -0.25) is 0 Å². The Morgan fingerprint density at radius 1 is 0.765 bits per heavy atom. The third-order valence-corrected chi connectivity index (χ3v) is 9.43. The Morgan fingerprint density at radius 2 is 1.47 bits per heavy atom. The van der Waals surface area contributed by atoms with Crippen molar-refractivity contribution in [1.29, 1.82) is 0 Å². The van der Waals surface area contributed by atoms with E-state index >= 15 is 0 Å². The van der Waals surface area contributed by atoms with Gasteiger partial charge < -0.3 is 0 Å². The highest BCUT2D eigenvalue weighted by Gasteiger charge is 2.26. The zero-order chi connectivity index (χ0) is 24.3. The average molecular weight is 532 g/mol. The quantitative estimate of drug-likeness (QED) is 0.285. The topological polar surface area (TPSA) is 71.5 Å². The lowest BCUT2D eigenvalue weighted by molar-refractivity contribution is 0.404. The highest BCUT2D eigenvalue weighted by molar-refractivity contribution is 7.90. The predicted octanol–water partition coefficient (Wildman–Crippen LogP) is 5.86. The van der Waals surface area contributed by atoms with Gasteiger partial charge >= 0.3 is 0 Å². The van der Waals surface area contributed by atoms with E-state index in [1.807, 2.05) is 48.5 Å². The van der Waals surface area contributed by atoms with Gasteiger partial charge in [-0.15, -0.1) is 11.3 Å². The summed E-state index contributed by atoms with van der Waals surface area (Å²) in [5, 5.41) is 0.352. The van der Waals surface area contributed by atoms with Crippen LogP contribution in [0.2, 0.25) is 5.02 Å². The first kappa shape index (κ1) is 24.6. The van der Waals surface area contributed by atoms with E-state index in [0.29, 0.717) is 5.02 Å². The molecular formula is C25H22ClNO4S3. The zero-order valence-electron chi connectivity index (χ0n) is 18.3. The van der Waals surface area contributed by atoms with Gasteiger partial charge in [-0.1, -0.05) is 60.1 Å². The summed E-state index contributed by atoms with van der Waals surface area (Å²) in [5.74, 6) is 0. The number of hydrogen-bond donors (Lipinski definition) is 0. The standard InChI is InChI=1S/C25H22ClNO4S3/c1-33(28,29)23-11-5-9-20(15-23)25-14-13-22(32-25)18-27(17-19-7-3-2-4-8-19)34(30,31)24-12-6-10-21(26)16-24/h2-16H,17-18H2,1H3. The highest BCUT2D eigenvalue weighted by atomic mass is 35.5. The summed E-state index contributed by atoms with van der Waals surface area (Å²) >= 11 is 7.50. The normalized spacial score (nSPS) is 12.2. The van der Waals surface area contributed by atoms with E-state index in [-0.39, 0.29) is 22.9 Å². The summed E-state index contributed by atoms with van der Waals surface area (Å²) in [7, 11) is -7.15. The molecule has 9 heteroatoms. The lowest BCUT2D eigenvalue weighted by Crippen LogP contribution is -2.30. The molecule has 0 aliphatic rings. The molecule has 34 heavy (non-hydrogen) atoms. The molecule has 4 rings (SSSR count). The number of sulfonamides is 1. The van der Waals surface area contributed by atoms with E-state index in [4.69, 9.17) is 11.6 Å². The lowest BCUT2D eigenvalue weighted by atomic mass is 10.2. The second-order valence-corrected chi connectivity index (χ2v) is 13.3. The summed E-state index contributed by atoms with van der Waals surface area (Å²) in [6.45, 7) is 0.368. The van der Waals surface area contributed by atoms with Crippen molar-refractivity contribution in [3.8, 4) is 10.4 Å². The van der Waals surface area contributed by atoms with Gasteiger partial charge in [0.1, 0.15) is 0 Å². The molecule has 0 bridgehead atoms. The SMILES string of the molecule is CS(=O)(=O)c1cccc(-c2ccc(CN(Cc3ccccc3)S(=O)(=O)c3cccc(Cl)c3)s2)c1. The molecule has 176 valence electrons. The summed E-state index contributed by atoms with van der Waals surface area (Å²) in [5.41, 5.74) is 1.64. The minimum Gasteiger partial charge on any atom is -0.224 e. The molecule has 0 atom stereocenters. The number of rotatable bonds is 8. The molecule has 1 aromatic heterocycles. The van der Waals surface area contributed by atoms with Crippen molar-refractivity contribution in [2.24, 2.45) is 0 Å². The maximum absolute atomic E-state index is 13.5. The molecule has 0 spiro atoms. The fourth-order valence-corrected chi connectivity index (χ4v) is 6.94. The van der Waals surface area contributed by atoms with Crippen LogP contribution in [-0.2, 0) is 33.0 Å². The van der Waals surface area contributed by atoms with Gasteiger partial charge in [0.15, 0.2) is 9.84 Å². The highest BCUT2D eigenvalue weighted by Crippen LogP contribution is 2.32. The Hall–Kier alpha value is -2.49. The molecule has 0 aliphatic carbocycles. The molecule has 0 amide bonds. The zero-order valence-corrected chi connectivity index (χ0v) is 21.5. The smallest absolute Gasteiger partial charge is 0.224 e. The van der Waals surface area contributed by atoms with Crippen LogP contribution in [-0.4, -0.2) is 27.4 Å². The number of sulfone groups is 1. The average Bonchev–Trinajstić information content (AvgIpc) is 3.28. The van der Waals surface area contributed by atoms with Gasteiger partial charge in [-0.05, 0) is 53.6 Å². The van der Waals surface area contributed by atoms with Gasteiger partial charge in [0.05, 0.1) is 9.79 Å². The summed E-state index contributed by atoms with van der Waals surface area (Å²) in [6.07, 6.45) is 1.17. The van der Waals surface area contributed by atoms with Gasteiger partial charge in [-0.25, -0.2) is 16.8 Å². The molecule has 0 fully saturated rings. The number of benzene rings is 3. The van der Waals surface area contributed by atoms with Crippen molar-refractivity contribution in [2.75, 3.05) is 6.26 Å². The minimum atomic E-state index is -3.83. The van der Waals surface area contributed by atoms with Crippen LogP contribution in [0.5, 0.6) is 0 Å². The van der Waals surface area contributed by atoms with E-state index in [9.17, 15) is 16.8 Å². The molecule has 0 unspecified atom stereocenters. The third kappa shape index (κ3) is 5.76. The first-order valence-electron chi connectivity index (χ1n) is 10.3. The molecule has 0 aliphatic heterocycles. The Labute approximate surface area is 209 Å². The number of nitrogens with zero attached hydrogens (tertiary/aromatic N) is 1. The van der Waals surface area contributed by atoms with Crippen molar-refractivity contribution in [1.82, 2.24) is 4.31 Å². The van der Waals surface area contributed by atoms with Gasteiger partial charge in [0.2, 0.25) is 10.0 Å². The van der Waals surface area contributed by atoms with Crippen LogP contribution >= 0.6 is 22.9 Å². The molecule has 5 nitrogen and oxygen atoms in total. The van der Waals surface area contributed by atoms with Crippen LogP contribution in [0.15, 0.2) is 101 Å². The fraction of sp³-hybridized carbons (Fsp3) is 0.120. The van der Waals surface area contributed by atoms with Gasteiger partial charge in [-0.2, -0.15) is 4.31 Å². The van der Waals surface area contributed by atoms with Crippen LogP contribution in [0.3, 0.4) is 0 Å². The Bertz CT molecular complexity index is 1510. The van der Waals surface area contributed by atoms with Crippen molar-refractivity contribution in [3.05, 3.63) is 106 Å². The Kier molecular flexibility index (Phi) is 7.25. The van der Waals surface area contributed by atoms with E-state index in [2.05, 4.69) is 0 Å². The van der Waals surface area contributed by atoms with E-state index in [1.165, 1.54) is 34.0 Å².